The number of benzene rings is 1. The summed E-state index contributed by atoms with van der Waals surface area (Å²) in [5.41, 5.74) is 1.15. The van der Waals surface area contributed by atoms with Crippen LogP contribution in [0.5, 0.6) is 0 Å². The van der Waals surface area contributed by atoms with Gasteiger partial charge in [0.1, 0.15) is 0 Å². The summed E-state index contributed by atoms with van der Waals surface area (Å²) in [5.74, 6) is 0.613. The normalized spacial score (nSPS) is 13.2. The Morgan fingerprint density at radius 3 is 2.87 bits per heavy atom. The van der Waals surface area contributed by atoms with Crippen LogP contribution in [-0.2, 0) is 0 Å². The van der Waals surface area contributed by atoms with Gasteiger partial charge in [0.05, 0.1) is 15.2 Å². The van der Waals surface area contributed by atoms with E-state index in [4.69, 9.17) is 0 Å². The topological polar surface area (TPSA) is 12.9 Å². The predicted octanol–water partition coefficient (Wildman–Crippen LogP) is 4.59. The number of para-hydroxylation sites is 1. The molecule has 1 aromatic carbocycles. The van der Waals surface area contributed by atoms with E-state index >= 15 is 0 Å². The number of hydrogen-bond donors (Lipinski definition) is 0. The maximum Gasteiger partial charge on any atom is 0.0966 e. The van der Waals surface area contributed by atoms with Gasteiger partial charge in [0.25, 0.3) is 0 Å². The van der Waals surface area contributed by atoms with E-state index in [1.165, 1.54) is 29.0 Å². The first kappa shape index (κ1) is 10.6. The summed E-state index contributed by atoms with van der Waals surface area (Å²) in [7, 11) is 0. The highest BCUT2D eigenvalue weighted by atomic mass is 32.1. The molecular formula is C13H17NS. The van der Waals surface area contributed by atoms with Crippen LogP contribution < -0.4 is 0 Å². The Bertz CT molecular complexity index is 400. The van der Waals surface area contributed by atoms with Crippen molar-refractivity contribution < 1.29 is 0 Å². The Morgan fingerprint density at radius 1 is 1.33 bits per heavy atom. The number of nitrogens with zero attached hydrogens (tertiary/aromatic N) is 1. The lowest BCUT2D eigenvalue weighted by Crippen LogP contribution is -1.91. The minimum atomic E-state index is 0.613. The monoisotopic (exact) mass is 219 g/mol. The van der Waals surface area contributed by atoms with E-state index in [2.05, 4.69) is 43.1 Å². The van der Waals surface area contributed by atoms with E-state index in [0.29, 0.717) is 5.92 Å². The van der Waals surface area contributed by atoms with Crippen LogP contribution in [0.3, 0.4) is 0 Å². The van der Waals surface area contributed by atoms with Crippen LogP contribution in [0.2, 0.25) is 0 Å². The summed E-state index contributed by atoms with van der Waals surface area (Å²) in [6.07, 6.45) is 3.84. The summed E-state index contributed by atoms with van der Waals surface area (Å²) in [4.78, 5) is 4.68. The van der Waals surface area contributed by atoms with Gasteiger partial charge in [-0.05, 0) is 18.6 Å². The lowest BCUT2D eigenvalue weighted by molar-refractivity contribution is 0.622. The average Bonchev–Trinajstić information content (AvgIpc) is 2.69. The Labute approximate surface area is 95.2 Å². The Balaban J connectivity index is 2.20. The summed E-state index contributed by atoms with van der Waals surface area (Å²) in [5, 5.41) is 1.30. The summed E-state index contributed by atoms with van der Waals surface area (Å²) < 4.78 is 1.32. The predicted molar refractivity (Wildman–Crippen MR) is 67.6 cm³/mol. The minimum absolute atomic E-state index is 0.613. The number of thiazole rings is 1. The van der Waals surface area contributed by atoms with Gasteiger partial charge >= 0.3 is 0 Å². The smallest absolute Gasteiger partial charge is 0.0966 e. The van der Waals surface area contributed by atoms with Crippen molar-refractivity contribution in [1.82, 2.24) is 4.98 Å². The molecule has 1 nitrogen and oxygen atoms in total. The van der Waals surface area contributed by atoms with Crippen molar-refractivity contribution in [2.24, 2.45) is 0 Å². The van der Waals surface area contributed by atoms with Crippen molar-refractivity contribution in [3.63, 3.8) is 0 Å². The van der Waals surface area contributed by atoms with Gasteiger partial charge < -0.3 is 0 Å². The van der Waals surface area contributed by atoms with Gasteiger partial charge in [-0.2, -0.15) is 0 Å². The molecule has 0 bridgehead atoms. The molecule has 0 saturated carbocycles. The van der Waals surface area contributed by atoms with Crippen molar-refractivity contribution in [2.75, 3.05) is 0 Å². The molecule has 2 aromatic rings. The third-order valence-corrected chi connectivity index (χ3v) is 3.99. The van der Waals surface area contributed by atoms with Gasteiger partial charge in [-0.1, -0.05) is 38.8 Å². The van der Waals surface area contributed by atoms with Gasteiger partial charge in [0.2, 0.25) is 0 Å². The first-order valence-corrected chi connectivity index (χ1v) is 6.48. The van der Waals surface area contributed by atoms with Gasteiger partial charge in [-0.25, -0.2) is 4.98 Å². The van der Waals surface area contributed by atoms with Gasteiger partial charge in [0.15, 0.2) is 0 Å². The molecule has 0 saturated heterocycles. The Hall–Kier alpha value is -0.890. The summed E-state index contributed by atoms with van der Waals surface area (Å²) in [6, 6.07) is 8.40. The molecule has 0 aliphatic carbocycles. The molecule has 15 heavy (non-hydrogen) atoms. The highest BCUT2D eigenvalue weighted by molar-refractivity contribution is 7.18. The van der Waals surface area contributed by atoms with E-state index in [0.717, 1.165) is 5.52 Å². The summed E-state index contributed by atoms with van der Waals surface area (Å²) >= 11 is 1.84. The maximum absolute atomic E-state index is 4.68. The molecule has 0 amide bonds. The molecule has 0 spiro atoms. The van der Waals surface area contributed by atoms with E-state index in [1.807, 2.05) is 11.3 Å². The molecule has 0 radical (unpaired) electrons. The first-order chi connectivity index (χ1) is 7.31. The SMILES string of the molecule is CCCC[C@@H](C)c1nc2ccccc2s1. The second-order valence-corrected chi connectivity index (χ2v) is 5.13. The third kappa shape index (κ3) is 2.37. The number of aromatic nitrogens is 1. The standard InChI is InChI=1S/C13H17NS/c1-3-4-7-10(2)13-14-11-8-5-6-9-12(11)15-13/h5-6,8-10H,3-4,7H2,1-2H3/t10-/m1/s1. The molecular weight excluding hydrogens is 202 g/mol. The lowest BCUT2D eigenvalue weighted by atomic mass is 10.1. The highest BCUT2D eigenvalue weighted by Crippen LogP contribution is 2.29. The maximum atomic E-state index is 4.68. The van der Waals surface area contributed by atoms with Crippen LogP contribution in [0.1, 0.15) is 44.0 Å². The van der Waals surface area contributed by atoms with Crippen LogP contribution in [0.4, 0.5) is 0 Å². The largest absolute Gasteiger partial charge is 0.241 e. The number of rotatable bonds is 4. The zero-order valence-electron chi connectivity index (χ0n) is 9.36. The quantitative estimate of drug-likeness (QED) is 0.733. The minimum Gasteiger partial charge on any atom is -0.241 e. The fraction of sp³-hybridized carbons (Fsp3) is 0.462. The van der Waals surface area contributed by atoms with Gasteiger partial charge in [0, 0.05) is 5.92 Å². The molecule has 0 unspecified atom stereocenters. The molecule has 2 rings (SSSR count). The Kier molecular flexibility index (Phi) is 3.37. The molecule has 80 valence electrons. The zero-order valence-corrected chi connectivity index (χ0v) is 10.2. The summed E-state index contributed by atoms with van der Waals surface area (Å²) in [6.45, 7) is 4.53. The van der Waals surface area contributed by atoms with E-state index in [1.54, 1.807) is 0 Å². The van der Waals surface area contributed by atoms with Gasteiger partial charge in [-0.15, -0.1) is 11.3 Å². The second kappa shape index (κ2) is 4.75. The molecule has 2 heteroatoms. The number of fused-ring (bicyclic) bond motifs is 1. The highest BCUT2D eigenvalue weighted by Gasteiger charge is 2.10. The first-order valence-electron chi connectivity index (χ1n) is 5.66. The average molecular weight is 219 g/mol. The molecule has 0 fully saturated rings. The molecule has 1 aromatic heterocycles. The van der Waals surface area contributed by atoms with E-state index in [-0.39, 0.29) is 0 Å². The van der Waals surface area contributed by atoms with Crippen molar-refractivity contribution >= 4 is 21.6 Å². The van der Waals surface area contributed by atoms with Crippen molar-refractivity contribution in [3.8, 4) is 0 Å². The van der Waals surface area contributed by atoms with E-state index < -0.39 is 0 Å². The van der Waals surface area contributed by atoms with Crippen molar-refractivity contribution in [1.29, 1.82) is 0 Å². The fourth-order valence-corrected chi connectivity index (χ4v) is 2.79. The van der Waals surface area contributed by atoms with Crippen molar-refractivity contribution in [3.05, 3.63) is 29.3 Å². The second-order valence-electron chi connectivity index (χ2n) is 4.06. The molecule has 0 aliphatic heterocycles. The third-order valence-electron chi connectivity index (χ3n) is 2.72. The Morgan fingerprint density at radius 2 is 2.13 bits per heavy atom. The number of hydrogen-bond acceptors (Lipinski definition) is 2. The molecule has 0 aliphatic rings. The zero-order chi connectivity index (χ0) is 10.7. The van der Waals surface area contributed by atoms with E-state index in [9.17, 15) is 0 Å². The molecule has 0 N–H and O–H groups in total. The van der Waals surface area contributed by atoms with Crippen LogP contribution in [-0.4, -0.2) is 4.98 Å². The van der Waals surface area contributed by atoms with Crippen LogP contribution >= 0.6 is 11.3 Å². The van der Waals surface area contributed by atoms with Crippen LogP contribution in [0.15, 0.2) is 24.3 Å². The van der Waals surface area contributed by atoms with Crippen molar-refractivity contribution in [2.45, 2.75) is 39.0 Å². The number of unbranched alkanes of at least 4 members (excludes halogenated alkanes) is 1. The van der Waals surface area contributed by atoms with Gasteiger partial charge in [-0.3, -0.25) is 0 Å². The van der Waals surface area contributed by atoms with Crippen LogP contribution in [0, 0.1) is 0 Å². The van der Waals surface area contributed by atoms with Crippen LogP contribution in [0.25, 0.3) is 10.2 Å². The fourth-order valence-electron chi connectivity index (χ4n) is 1.73. The lowest BCUT2D eigenvalue weighted by Gasteiger charge is -2.05. The molecule has 1 heterocycles. The molecule has 1 atom stereocenters.